The van der Waals surface area contributed by atoms with Crippen LogP contribution >= 0.6 is 31.9 Å². The maximum atomic E-state index is 3.74. The molecule has 0 heterocycles. The largest absolute Gasteiger partial charge is 0.0979 e. The quantitative estimate of drug-likeness (QED) is 0.0480. The Morgan fingerprint density at radius 2 is 0.520 bits per heavy atom. The highest BCUT2D eigenvalue weighted by atomic mass is 79.9. The van der Waals surface area contributed by atoms with Crippen molar-refractivity contribution in [2.24, 2.45) is 0 Å². The molecule has 1 aromatic carbocycles. The topological polar surface area (TPSA) is 0 Å². The van der Waals surface area contributed by atoms with E-state index in [0.717, 1.165) is 32.9 Å². The summed E-state index contributed by atoms with van der Waals surface area (Å²) in [6, 6.07) is 4.26. The van der Waals surface area contributed by atoms with Crippen molar-refractivity contribution in [1.82, 2.24) is 0 Å². The van der Waals surface area contributed by atoms with Gasteiger partial charge in [0.05, 0.1) is 0 Å². The second-order valence-electron chi connectivity index (χ2n) is 15.2. The molecule has 0 aromatic heterocycles. The number of hydrogen-bond donors (Lipinski definition) is 0. The monoisotopic (exact) mass is 814 g/mol. The molecule has 0 aliphatic carbocycles. The number of halogens is 2. The van der Waals surface area contributed by atoms with Crippen LogP contribution in [-0.2, 0) is 0 Å². The molecular formula is C48H80Br2. The van der Waals surface area contributed by atoms with E-state index in [0.29, 0.717) is 0 Å². The summed E-state index contributed by atoms with van der Waals surface area (Å²) in [6.07, 6.45) is 50.0. The Hall–Kier alpha value is -0.700. The first-order valence-corrected chi connectivity index (χ1v) is 23.7. The zero-order valence-electron chi connectivity index (χ0n) is 33.4. The molecule has 1 aromatic rings. The summed E-state index contributed by atoms with van der Waals surface area (Å²) in [5.74, 6) is 13.6. The molecule has 0 amide bonds. The Bertz CT molecular complexity index is 921. The second kappa shape index (κ2) is 38.0. The maximum absolute atomic E-state index is 3.74. The van der Waals surface area contributed by atoms with Crippen molar-refractivity contribution in [2.75, 3.05) is 0 Å². The minimum Gasteiger partial charge on any atom is -0.0979 e. The number of hydrogen-bond acceptors (Lipinski definition) is 0. The Kier molecular flexibility index (Phi) is 36.0. The molecule has 0 aliphatic rings. The molecule has 50 heavy (non-hydrogen) atoms. The Labute approximate surface area is 330 Å². The van der Waals surface area contributed by atoms with Crippen molar-refractivity contribution in [3.05, 3.63) is 32.2 Å². The molecule has 0 saturated carbocycles. The highest BCUT2D eigenvalue weighted by Crippen LogP contribution is 2.25. The molecule has 0 aliphatic heterocycles. The van der Waals surface area contributed by atoms with E-state index in [1.165, 1.54) is 218 Å². The van der Waals surface area contributed by atoms with Gasteiger partial charge in [0, 0.05) is 32.9 Å². The van der Waals surface area contributed by atoms with Crippen molar-refractivity contribution in [2.45, 2.75) is 245 Å². The first-order valence-electron chi connectivity index (χ1n) is 22.2. The van der Waals surface area contributed by atoms with Gasteiger partial charge in [-0.25, -0.2) is 0 Å². The predicted molar refractivity (Wildman–Crippen MR) is 233 cm³/mol. The van der Waals surface area contributed by atoms with Crippen molar-refractivity contribution in [1.29, 1.82) is 0 Å². The SMILES string of the molecule is CCCCCCCCCCCCCCCCCCCC#Cc1cc(Br)c(C#CCCCCCCCCCCCCCCCCCCC)cc1Br. The third-order valence-corrected chi connectivity index (χ3v) is 11.6. The van der Waals surface area contributed by atoms with Crippen LogP contribution in [0.1, 0.15) is 256 Å². The minimum atomic E-state index is 0.990. The van der Waals surface area contributed by atoms with Crippen molar-refractivity contribution < 1.29 is 0 Å². The molecule has 0 bridgehead atoms. The molecule has 0 fully saturated rings. The number of benzene rings is 1. The molecule has 0 nitrogen and oxygen atoms in total. The van der Waals surface area contributed by atoms with E-state index >= 15 is 0 Å². The van der Waals surface area contributed by atoms with Crippen LogP contribution in [0.25, 0.3) is 0 Å². The Morgan fingerprint density at radius 3 is 0.740 bits per heavy atom. The Balaban J connectivity index is 1.99. The van der Waals surface area contributed by atoms with E-state index in [4.69, 9.17) is 0 Å². The van der Waals surface area contributed by atoms with Crippen molar-refractivity contribution in [3.8, 4) is 23.7 Å². The molecule has 0 saturated heterocycles. The lowest BCUT2D eigenvalue weighted by atomic mass is 10.0. The lowest BCUT2D eigenvalue weighted by Gasteiger charge is -2.03. The lowest BCUT2D eigenvalue weighted by Crippen LogP contribution is -1.85. The number of unbranched alkanes of at least 4 members (excludes halogenated alkanes) is 34. The fraction of sp³-hybridized carbons (Fsp3) is 0.792. The highest BCUT2D eigenvalue weighted by molar-refractivity contribution is 9.11. The summed E-state index contributed by atoms with van der Waals surface area (Å²) in [7, 11) is 0. The average Bonchev–Trinajstić information content (AvgIpc) is 3.12. The third-order valence-electron chi connectivity index (χ3n) is 10.3. The van der Waals surface area contributed by atoms with E-state index in [2.05, 4.69) is 81.5 Å². The molecule has 286 valence electrons. The summed E-state index contributed by atoms with van der Waals surface area (Å²) in [5, 5.41) is 0. The van der Waals surface area contributed by atoms with Gasteiger partial charge in [-0.15, -0.1) is 0 Å². The van der Waals surface area contributed by atoms with E-state index in [1.54, 1.807) is 0 Å². The predicted octanol–water partition coefficient (Wildman–Crippen LogP) is 18.0. The summed E-state index contributed by atoms with van der Waals surface area (Å²) in [5.41, 5.74) is 2.12. The van der Waals surface area contributed by atoms with Crippen LogP contribution < -0.4 is 0 Å². The van der Waals surface area contributed by atoms with Gasteiger partial charge >= 0.3 is 0 Å². The second-order valence-corrected chi connectivity index (χ2v) is 16.9. The van der Waals surface area contributed by atoms with Gasteiger partial charge < -0.3 is 0 Å². The maximum Gasteiger partial charge on any atom is 0.0399 e. The van der Waals surface area contributed by atoms with Crippen LogP contribution in [0.3, 0.4) is 0 Å². The van der Waals surface area contributed by atoms with Crippen LogP contribution in [0, 0.1) is 23.7 Å². The Morgan fingerprint density at radius 1 is 0.320 bits per heavy atom. The van der Waals surface area contributed by atoms with Crippen molar-refractivity contribution in [3.63, 3.8) is 0 Å². The standard InChI is InChI=1S/C48H80Br2/c1-3-5-7-9-11-13-15-17-19-21-23-25-27-29-31-33-35-37-39-41-45-43-48(50)46(44-47(45)49)42-40-38-36-34-32-30-28-26-24-22-20-18-16-14-12-10-8-6-4-2/h43-44H,3-38H2,1-2H3. The molecule has 1 rings (SSSR count). The lowest BCUT2D eigenvalue weighted by molar-refractivity contribution is 0.528. The summed E-state index contributed by atoms with van der Waals surface area (Å²) < 4.78 is 2.11. The average molecular weight is 817 g/mol. The molecule has 0 N–H and O–H groups in total. The van der Waals surface area contributed by atoms with E-state index in [9.17, 15) is 0 Å². The first-order chi connectivity index (χ1) is 24.7. The van der Waals surface area contributed by atoms with Gasteiger partial charge in [-0.1, -0.05) is 243 Å². The van der Waals surface area contributed by atoms with E-state index in [-0.39, 0.29) is 0 Å². The molecule has 0 spiro atoms. The highest BCUT2D eigenvalue weighted by Gasteiger charge is 2.04. The van der Waals surface area contributed by atoms with Crippen molar-refractivity contribution >= 4 is 31.9 Å². The summed E-state index contributed by atoms with van der Waals surface area (Å²) in [6.45, 7) is 4.60. The van der Waals surface area contributed by atoms with Gasteiger partial charge in [0.15, 0.2) is 0 Å². The molecule has 0 radical (unpaired) electrons. The van der Waals surface area contributed by atoms with Crippen LogP contribution in [0.4, 0.5) is 0 Å². The van der Waals surface area contributed by atoms with Gasteiger partial charge in [0.2, 0.25) is 0 Å². The normalized spacial score (nSPS) is 11.0. The van der Waals surface area contributed by atoms with Crippen LogP contribution in [-0.4, -0.2) is 0 Å². The minimum absolute atomic E-state index is 0.990. The van der Waals surface area contributed by atoms with Crippen LogP contribution in [0.5, 0.6) is 0 Å². The van der Waals surface area contributed by atoms with E-state index < -0.39 is 0 Å². The zero-order chi connectivity index (χ0) is 36.0. The molecular weight excluding hydrogens is 736 g/mol. The van der Waals surface area contributed by atoms with Gasteiger partial charge in [-0.05, 0) is 56.8 Å². The van der Waals surface area contributed by atoms with Gasteiger partial charge in [0.1, 0.15) is 0 Å². The smallest absolute Gasteiger partial charge is 0.0399 e. The molecule has 0 unspecified atom stereocenters. The zero-order valence-corrected chi connectivity index (χ0v) is 36.5. The third kappa shape index (κ3) is 30.9. The summed E-state index contributed by atoms with van der Waals surface area (Å²) >= 11 is 7.48. The fourth-order valence-corrected chi connectivity index (χ4v) is 7.82. The fourth-order valence-electron chi connectivity index (χ4n) is 6.93. The molecule has 0 atom stereocenters. The van der Waals surface area contributed by atoms with E-state index in [1.807, 2.05) is 0 Å². The van der Waals surface area contributed by atoms with Crippen LogP contribution in [0.15, 0.2) is 21.1 Å². The van der Waals surface area contributed by atoms with Gasteiger partial charge in [-0.2, -0.15) is 0 Å². The number of rotatable bonds is 34. The first kappa shape index (κ1) is 47.3. The molecule has 2 heteroatoms. The summed E-state index contributed by atoms with van der Waals surface area (Å²) in [4.78, 5) is 0. The van der Waals surface area contributed by atoms with Gasteiger partial charge in [0.25, 0.3) is 0 Å². The van der Waals surface area contributed by atoms with Crippen LogP contribution in [0.2, 0.25) is 0 Å². The van der Waals surface area contributed by atoms with Gasteiger partial charge in [-0.3, -0.25) is 0 Å².